The van der Waals surface area contributed by atoms with Crippen molar-refractivity contribution in [2.75, 3.05) is 12.3 Å². The molecule has 0 radical (unpaired) electrons. The Bertz CT molecular complexity index is 207. The third-order valence-corrected chi connectivity index (χ3v) is 5.33. The first-order valence-electron chi connectivity index (χ1n) is 5.41. The Morgan fingerprint density at radius 1 is 1.46 bits per heavy atom. The van der Waals surface area contributed by atoms with Crippen molar-refractivity contribution in [2.24, 2.45) is 5.92 Å². The molecule has 2 aliphatic rings. The molecule has 4 unspecified atom stereocenters. The Balaban J connectivity index is 2.01. The molecular formula is C10H19NOS. The summed E-state index contributed by atoms with van der Waals surface area (Å²) in [6.07, 6.45) is 5.04. The highest BCUT2D eigenvalue weighted by Crippen LogP contribution is 2.31. The Kier molecular flexibility index (Phi) is 3.04. The van der Waals surface area contributed by atoms with Crippen molar-refractivity contribution >= 4 is 10.8 Å². The van der Waals surface area contributed by atoms with Gasteiger partial charge >= 0.3 is 0 Å². The predicted molar refractivity (Wildman–Crippen MR) is 56.2 cm³/mol. The van der Waals surface area contributed by atoms with Crippen LogP contribution in [0.2, 0.25) is 0 Å². The van der Waals surface area contributed by atoms with E-state index in [9.17, 15) is 4.21 Å². The maximum Gasteiger partial charge on any atom is 0.0504 e. The summed E-state index contributed by atoms with van der Waals surface area (Å²) in [5, 5.41) is 3.97. The standard InChI is InChI=1S/C10H19NOS/c1-2-8-3-4-9-10(7-8)13(12)6-5-11-9/h8-11H,2-7H2,1H3. The van der Waals surface area contributed by atoms with Gasteiger partial charge in [-0.25, -0.2) is 0 Å². The van der Waals surface area contributed by atoms with Crippen molar-refractivity contribution < 1.29 is 4.21 Å². The van der Waals surface area contributed by atoms with Gasteiger partial charge in [-0.3, -0.25) is 4.21 Å². The van der Waals surface area contributed by atoms with Crippen LogP contribution in [0, 0.1) is 5.92 Å². The van der Waals surface area contributed by atoms with Crippen LogP contribution in [0.4, 0.5) is 0 Å². The molecular weight excluding hydrogens is 182 g/mol. The summed E-state index contributed by atoms with van der Waals surface area (Å²) in [6.45, 7) is 3.22. The molecule has 0 spiro atoms. The molecule has 1 N–H and O–H groups in total. The minimum atomic E-state index is -0.542. The molecule has 2 fully saturated rings. The third kappa shape index (κ3) is 1.96. The molecule has 1 saturated heterocycles. The lowest BCUT2D eigenvalue weighted by Gasteiger charge is -2.38. The van der Waals surface area contributed by atoms with Gasteiger partial charge < -0.3 is 5.32 Å². The van der Waals surface area contributed by atoms with Crippen LogP contribution >= 0.6 is 0 Å². The molecule has 1 aliphatic heterocycles. The van der Waals surface area contributed by atoms with Gasteiger partial charge in [0.1, 0.15) is 0 Å². The van der Waals surface area contributed by atoms with Crippen LogP contribution in [0.5, 0.6) is 0 Å². The summed E-state index contributed by atoms with van der Waals surface area (Å²) < 4.78 is 11.8. The lowest BCUT2D eigenvalue weighted by atomic mass is 9.84. The number of hydrogen-bond donors (Lipinski definition) is 1. The molecule has 0 amide bonds. The fourth-order valence-electron chi connectivity index (χ4n) is 2.60. The number of fused-ring (bicyclic) bond motifs is 1. The van der Waals surface area contributed by atoms with Crippen LogP contribution in [0.3, 0.4) is 0 Å². The number of rotatable bonds is 1. The smallest absolute Gasteiger partial charge is 0.0504 e. The van der Waals surface area contributed by atoms with Gasteiger partial charge in [0.2, 0.25) is 0 Å². The summed E-state index contributed by atoms with van der Waals surface area (Å²) in [7, 11) is -0.542. The van der Waals surface area contributed by atoms with Gasteiger partial charge in [-0.15, -0.1) is 0 Å². The summed E-state index contributed by atoms with van der Waals surface area (Å²) in [5.41, 5.74) is 0. The number of hydrogen-bond acceptors (Lipinski definition) is 2. The van der Waals surface area contributed by atoms with E-state index in [1.807, 2.05) is 0 Å². The highest BCUT2D eigenvalue weighted by atomic mass is 32.2. The zero-order valence-corrected chi connectivity index (χ0v) is 9.11. The van der Waals surface area contributed by atoms with Crippen molar-refractivity contribution in [2.45, 2.75) is 43.9 Å². The summed E-state index contributed by atoms with van der Waals surface area (Å²) in [6, 6.07) is 0.567. The highest BCUT2D eigenvalue weighted by Gasteiger charge is 2.35. The fraction of sp³-hybridized carbons (Fsp3) is 1.00. The summed E-state index contributed by atoms with van der Waals surface area (Å²) in [4.78, 5) is 0. The quantitative estimate of drug-likeness (QED) is 0.692. The van der Waals surface area contributed by atoms with Gasteiger partial charge in [-0.05, 0) is 25.2 Å². The minimum absolute atomic E-state index is 0.465. The van der Waals surface area contributed by atoms with Crippen LogP contribution in [0.25, 0.3) is 0 Å². The van der Waals surface area contributed by atoms with Gasteiger partial charge in [-0.1, -0.05) is 13.3 Å². The van der Waals surface area contributed by atoms with Crippen LogP contribution in [0.15, 0.2) is 0 Å². The van der Waals surface area contributed by atoms with Gasteiger partial charge in [0, 0.05) is 29.1 Å². The largest absolute Gasteiger partial charge is 0.312 e. The number of nitrogens with one attached hydrogen (secondary N) is 1. The van der Waals surface area contributed by atoms with Gasteiger partial charge in [0.15, 0.2) is 0 Å². The molecule has 4 atom stereocenters. The first-order valence-corrected chi connectivity index (χ1v) is 6.80. The van der Waals surface area contributed by atoms with Crippen LogP contribution < -0.4 is 5.32 Å². The van der Waals surface area contributed by atoms with E-state index in [4.69, 9.17) is 0 Å². The Hall–Kier alpha value is 0.110. The van der Waals surface area contributed by atoms with E-state index in [1.165, 1.54) is 25.7 Å². The van der Waals surface area contributed by atoms with E-state index in [-0.39, 0.29) is 0 Å². The molecule has 0 bridgehead atoms. The summed E-state index contributed by atoms with van der Waals surface area (Å²) in [5.74, 6) is 1.71. The lowest BCUT2D eigenvalue weighted by molar-refractivity contribution is 0.288. The molecule has 3 heteroatoms. The minimum Gasteiger partial charge on any atom is -0.312 e. The van der Waals surface area contributed by atoms with E-state index >= 15 is 0 Å². The average molecular weight is 201 g/mol. The molecule has 0 aromatic rings. The molecule has 0 aromatic carbocycles. The van der Waals surface area contributed by atoms with Crippen molar-refractivity contribution in [3.63, 3.8) is 0 Å². The molecule has 0 aromatic heterocycles. The van der Waals surface area contributed by atoms with E-state index in [0.717, 1.165) is 18.2 Å². The zero-order valence-electron chi connectivity index (χ0n) is 8.29. The first kappa shape index (κ1) is 9.66. The molecule has 1 saturated carbocycles. The molecule has 2 nitrogen and oxygen atoms in total. The Labute approximate surface area is 82.9 Å². The maximum atomic E-state index is 11.8. The first-order chi connectivity index (χ1) is 6.31. The van der Waals surface area contributed by atoms with Crippen molar-refractivity contribution in [3.05, 3.63) is 0 Å². The normalized spacial score (nSPS) is 45.6. The van der Waals surface area contributed by atoms with Crippen LogP contribution in [-0.4, -0.2) is 27.8 Å². The van der Waals surface area contributed by atoms with E-state index < -0.39 is 10.8 Å². The molecule has 2 rings (SSSR count). The highest BCUT2D eigenvalue weighted by molar-refractivity contribution is 7.85. The van der Waals surface area contributed by atoms with Gasteiger partial charge in [-0.2, -0.15) is 0 Å². The van der Waals surface area contributed by atoms with E-state index in [2.05, 4.69) is 12.2 Å². The predicted octanol–water partition coefficient (Wildman–Crippen LogP) is 1.29. The molecule has 76 valence electrons. The topological polar surface area (TPSA) is 29.1 Å². The average Bonchev–Trinajstić information content (AvgIpc) is 2.18. The van der Waals surface area contributed by atoms with Crippen LogP contribution in [-0.2, 0) is 10.8 Å². The van der Waals surface area contributed by atoms with Crippen molar-refractivity contribution in [1.29, 1.82) is 0 Å². The van der Waals surface area contributed by atoms with Gasteiger partial charge in [0.05, 0.1) is 5.25 Å². The van der Waals surface area contributed by atoms with E-state index in [1.54, 1.807) is 0 Å². The second kappa shape index (κ2) is 4.09. The molecule has 1 aliphatic carbocycles. The third-order valence-electron chi connectivity index (χ3n) is 3.53. The monoisotopic (exact) mass is 201 g/mol. The molecule has 13 heavy (non-hydrogen) atoms. The van der Waals surface area contributed by atoms with Crippen molar-refractivity contribution in [3.8, 4) is 0 Å². The Morgan fingerprint density at radius 2 is 2.31 bits per heavy atom. The second-order valence-electron chi connectivity index (χ2n) is 4.27. The van der Waals surface area contributed by atoms with E-state index in [0.29, 0.717) is 11.3 Å². The SMILES string of the molecule is CCC1CCC2NCCS(=O)C2C1. The fourth-order valence-corrected chi connectivity index (χ4v) is 4.31. The zero-order chi connectivity index (χ0) is 9.26. The van der Waals surface area contributed by atoms with Crippen molar-refractivity contribution in [1.82, 2.24) is 5.32 Å². The van der Waals surface area contributed by atoms with Gasteiger partial charge in [0.25, 0.3) is 0 Å². The van der Waals surface area contributed by atoms with Crippen LogP contribution in [0.1, 0.15) is 32.6 Å². The lowest BCUT2D eigenvalue weighted by Crippen LogP contribution is -2.52. The Morgan fingerprint density at radius 3 is 3.08 bits per heavy atom. The maximum absolute atomic E-state index is 11.8. The second-order valence-corrected chi connectivity index (χ2v) is 6.05. The molecule has 1 heterocycles. The summed E-state index contributed by atoms with van der Waals surface area (Å²) >= 11 is 0.